The van der Waals surface area contributed by atoms with Gasteiger partial charge < -0.3 is 11.1 Å². The number of nitrogens with two attached hydrogens (primary N) is 1. The summed E-state index contributed by atoms with van der Waals surface area (Å²) < 4.78 is 42.8. The van der Waals surface area contributed by atoms with Crippen molar-refractivity contribution in [1.82, 2.24) is 19.5 Å². The highest BCUT2D eigenvalue weighted by molar-refractivity contribution is 5.78. The van der Waals surface area contributed by atoms with Crippen LogP contribution in [0.4, 0.5) is 24.8 Å². The molecule has 0 atom stereocenters. The fourth-order valence-corrected chi connectivity index (χ4v) is 2.98. The standard InChI is InChI=1S/C19H12F3N7.C2H2/c20-10-1-2-15-16(6-10)29(13-4-11(21)3-12(22)5-13)17(28-15)8-25-19-14(7-23)18(24)26-9-27-19;1-2/h1-6,9H,8H2,(H3,24,25,26,27);1-2H. The molecule has 154 valence electrons. The van der Waals surface area contributed by atoms with E-state index in [2.05, 4.69) is 33.1 Å². The van der Waals surface area contributed by atoms with Gasteiger partial charge in [-0.1, -0.05) is 0 Å². The first-order valence-electron chi connectivity index (χ1n) is 8.67. The van der Waals surface area contributed by atoms with Crippen LogP contribution in [-0.4, -0.2) is 19.5 Å². The second-order valence-electron chi connectivity index (χ2n) is 6.07. The van der Waals surface area contributed by atoms with Crippen LogP contribution in [0.2, 0.25) is 0 Å². The van der Waals surface area contributed by atoms with E-state index in [0.717, 1.165) is 18.2 Å². The number of aromatic nitrogens is 4. The van der Waals surface area contributed by atoms with Gasteiger partial charge >= 0.3 is 0 Å². The molecular formula is C21H14F3N7. The Bertz CT molecular complexity index is 1300. The Morgan fingerprint density at radius 1 is 1.03 bits per heavy atom. The second kappa shape index (κ2) is 8.84. The molecule has 2 aromatic carbocycles. The molecule has 7 nitrogen and oxygen atoms in total. The van der Waals surface area contributed by atoms with Gasteiger partial charge in [0.05, 0.1) is 23.3 Å². The molecule has 10 heteroatoms. The van der Waals surface area contributed by atoms with E-state index in [4.69, 9.17) is 5.73 Å². The molecule has 31 heavy (non-hydrogen) atoms. The van der Waals surface area contributed by atoms with Crippen molar-refractivity contribution in [2.45, 2.75) is 6.54 Å². The SMILES string of the molecule is C#C.N#Cc1c(N)ncnc1NCc1nc2ccc(F)cc2n1-c1cc(F)cc(F)c1. The minimum absolute atomic E-state index is 0.00720. The lowest BCUT2D eigenvalue weighted by Gasteiger charge is -2.12. The first-order valence-corrected chi connectivity index (χ1v) is 8.67. The number of nitriles is 1. The van der Waals surface area contributed by atoms with E-state index in [-0.39, 0.29) is 29.4 Å². The summed E-state index contributed by atoms with van der Waals surface area (Å²) in [7, 11) is 0. The molecule has 0 unspecified atom stereocenters. The summed E-state index contributed by atoms with van der Waals surface area (Å²) in [4.78, 5) is 12.1. The van der Waals surface area contributed by atoms with Gasteiger partial charge in [-0.25, -0.2) is 28.1 Å². The van der Waals surface area contributed by atoms with Gasteiger partial charge in [0, 0.05) is 12.1 Å². The lowest BCUT2D eigenvalue weighted by molar-refractivity contribution is 0.581. The molecule has 0 saturated heterocycles. The van der Waals surface area contributed by atoms with Gasteiger partial charge in [0.1, 0.15) is 52.9 Å². The van der Waals surface area contributed by atoms with Gasteiger partial charge in [-0.05, 0) is 24.3 Å². The van der Waals surface area contributed by atoms with Gasteiger partial charge in [-0.15, -0.1) is 12.8 Å². The topological polar surface area (TPSA) is 105 Å². The van der Waals surface area contributed by atoms with Crippen LogP contribution in [0.1, 0.15) is 11.4 Å². The van der Waals surface area contributed by atoms with E-state index in [1.807, 2.05) is 6.07 Å². The highest BCUT2D eigenvalue weighted by atomic mass is 19.1. The Kier molecular flexibility index (Phi) is 6.03. The number of anilines is 2. The number of nitrogen functional groups attached to an aromatic ring is 1. The van der Waals surface area contributed by atoms with E-state index in [0.29, 0.717) is 16.9 Å². The van der Waals surface area contributed by atoms with Crippen molar-refractivity contribution in [3.63, 3.8) is 0 Å². The molecule has 3 N–H and O–H groups in total. The Labute approximate surface area is 175 Å². The average Bonchev–Trinajstić information content (AvgIpc) is 3.10. The molecule has 0 amide bonds. The van der Waals surface area contributed by atoms with Gasteiger partial charge in [0.15, 0.2) is 0 Å². The molecule has 0 spiro atoms. The lowest BCUT2D eigenvalue weighted by Crippen LogP contribution is -2.11. The van der Waals surface area contributed by atoms with Crippen molar-refractivity contribution in [2.24, 2.45) is 0 Å². The van der Waals surface area contributed by atoms with E-state index >= 15 is 0 Å². The van der Waals surface area contributed by atoms with Crippen LogP contribution >= 0.6 is 0 Å². The zero-order chi connectivity index (χ0) is 22.5. The van der Waals surface area contributed by atoms with Gasteiger partial charge in [-0.2, -0.15) is 5.26 Å². The molecule has 2 aromatic heterocycles. The third-order valence-electron chi connectivity index (χ3n) is 4.19. The summed E-state index contributed by atoms with van der Waals surface area (Å²) in [5.74, 6) is -1.59. The highest BCUT2D eigenvalue weighted by Gasteiger charge is 2.16. The maximum Gasteiger partial charge on any atom is 0.149 e. The number of halogens is 3. The molecule has 0 saturated carbocycles. The Hall–Kier alpha value is -4.57. The zero-order valence-corrected chi connectivity index (χ0v) is 15.9. The maximum atomic E-state index is 13.8. The lowest BCUT2D eigenvalue weighted by atomic mass is 10.2. The average molecular weight is 421 g/mol. The molecule has 4 aromatic rings. The first-order chi connectivity index (χ1) is 15.0. The van der Waals surface area contributed by atoms with E-state index < -0.39 is 17.5 Å². The fourth-order valence-electron chi connectivity index (χ4n) is 2.98. The van der Waals surface area contributed by atoms with Gasteiger partial charge in [0.2, 0.25) is 0 Å². The zero-order valence-electron chi connectivity index (χ0n) is 15.9. The summed E-state index contributed by atoms with van der Waals surface area (Å²) >= 11 is 0. The normalized spacial score (nSPS) is 10.2. The maximum absolute atomic E-state index is 13.8. The van der Waals surface area contributed by atoms with Gasteiger partial charge in [0.25, 0.3) is 0 Å². The Morgan fingerprint density at radius 3 is 2.42 bits per heavy atom. The number of benzene rings is 2. The highest BCUT2D eigenvalue weighted by Crippen LogP contribution is 2.25. The molecule has 0 fully saturated rings. The molecule has 0 radical (unpaired) electrons. The summed E-state index contributed by atoms with van der Waals surface area (Å²) in [6.07, 6.45) is 9.19. The molecular weight excluding hydrogens is 407 g/mol. The molecule has 4 rings (SSSR count). The predicted molar refractivity (Wildman–Crippen MR) is 109 cm³/mol. The number of nitrogens with zero attached hydrogens (tertiary/aromatic N) is 5. The summed E-state index contributed by atoms with van der Waals surface area (Å²) in [6, 6.07) is 8.79. The van der Waals surface area contributed by atoms with Crippen molar-refractivity contribution in [3.05, 3.63) is 71.6 Å². The summed E-state index contributed by atoms with van der Waals surface area (Å²) in [5, 5.41) is 12.2. The number of nitrogens with one attached hydrogen (secondary N) is 1. The van der Waals surface area contributed by atoms with Crippen molar-refractivity contribution in [1.29, 1.82) is 5.26 Å². The minimum Gasteiger partial charge on any atom is -0.382 e. The van der Waals surface area contributed by atoms with Crippen LogP contribution in [0.15, 0.2) is 42.7 Å². The van der Waals surface area contributed by atoms with E-state index in [1.165, 1.54) is 29.1 Å². The van der Waals surface area contributed by atoms with E-state index in [9.17, 15) is 18.4 Å². The minimum atomic E-state index is -0.785. The third-order valence-corrected chi connectivity index (χ3v) is 4.19. The van der Waals surface area contributed by atoms with Crippen LogP contribution in [0.25, 0.3) is 16.7 Å². The Morgan fingerprint density at radius 2 is 1.74 bits per heavy atom. The van der Waals surface area contributed by atoms with Crippen LogP contribution in [-0.2, 0) is 6.54 Å². The van der Waals surface area contributed by atoms with E-state index in [1.54, 1.807) is 0 Å². The van der Waals surface area contributed by atoms with Crippen molar-refractivity contribution in [3.8, 4) is 24.6 Å². The second-order valence-corrected chi connectivity index (χ2v) is 6.07. The predicted octanol–water partition coefficient (Wildman–Crippen LogP) is 3.55. The van der Waals surface area contributed by atoms with Crippen LogP contribution in [0.5, 0.6) is 0 Å². The smallest absolute Gasteiger partial charge is 0.149 e. The number of hydrogen-bond acceptors (Lipinski definition) is 6. The number of fused-ring (bicyclic) bond motifs is 1. The first kappa shape index (κ1) is 21.1. The van der Waals surface area contributed by atoms with Crippen molar-refractivity contribution >= 4 is 22.7 Å². The van der Waals surface area contributed by atoms with Crippen LogP contribution in [0, 0.1) is 41.6 Å². The quantitative estimate of drug-likeness (QED) is 0.488. The summed E-state index contributed by atoms with van der Waals surface area (Å²) in [5.41, 5.74) is 6.62. The Balaban J connectivity index is 0.00000132. The third kappa shape index (κ3) is 4.23. The van der Waals surface area contributed by atoms with Crippen LogP contribution < -0.4 is 11.1 Å². The molecule has 0 bridgehead atoms. The monoisotopic (exact) mass is 421 g/mol. The number of terminal acetylenes is 1. The number of hydrogen-bond donors (Lipinski definition) is 2. The largest absolute Gasteiger partial charge is 0.382 e. The summed E-state index contributed by atoms with van der Waals surface area (Å²) in [6.45, 7) is 0.0135. The van der Waals surface area contributed by atoms with Crippen LogP contribution in [0.3, 0.4) is 0 Å². The molecule has 2 heterocycles. The fraction of sp³-hybridized carbons (Fsp3) is 0.0476. The molecule has 0 aliphatic heterocycles. The number of imidazole rings is 1. The van der Waals surface area contributed by atoms with Gasteiger partial charge in [-0.3, -0.25) is 4.57 Å². The van der Waals surface area contributed by atoms with Crippen molar-refractivity contribution in [2.75, 3.05) is 11.1 Å². The van der Waals surface area contributed by atoms with Crippen molar-refractivity contribution < 1.29 is 13.2 Å². The number of rotatable bonds is 4. The molecule has 0 aliphatic carbocycles. The molecule has 0 aliphatic rings.